The van der Waals surface area contributed by atoms with Crippen LogP contribution < -0.4 is 16.4 Å². The molecule has 20 nitrogen and oxygen atoms in total. The summed E-state index contributed by atoms with van der Waals surface area (Å²) in [5.74, 6) is -1.49. The zero-order chi connectivity index (χ0) is 39.4. The summed E-state index contributed by atoms with van der Waals surface area (Å²) in [5, 5.41) is 5.41. The van der Waals surface area contributed by atoms with Crippen LogP contribution in [0.2, 0.25) is 0 Å². The van der Waals surface area contributed by atoms with Crippen LogP contribution in [-0.2, 0) is 38.0 Å². The molecule has 4 N–H and O–H groups in total. The third-order valence-electron chi connectivity index (χ3n) is 9.71. The molecule has 0 radical (unpaired) electrons. The predicted molar refractivity (Wildman–Crippen MR) is 195 cm³/mol. The van der Waals surface area contributed by atoms with Gasteiger partial charge in [0.1, 0.15) is 48.7 Å². The maximum Gasteiger partial charge on any atom is 0.256 e. The van der Waals surface area contributed by atoms with Crippen LogP contribution in [-0.4, -0.2) is 119 Å². The van der Waals surface area contributed by atoms with Crippen LogP contribution >= 0.6 is 0 Å². The summed E-state index contributed by atoms with van der Waals surface area (Å²) in [6.07, 6.45) is 2.08. The lowest BCUT2D eigenvalue weighted by Gasteiger charge is -2.24. The molecule has 296 valence electrons. The van der Waals surface area contributed by atoms with Gasteiger partial charge in [-0.25, -0.2) is 29.9 Å². The van der Waals surface area contributed by atoms with Crippen molar-refractivity contribution in [3.63, 3.8) is 0 Å². The molecule has 1 aromatic carbocycles. The molecule has 0 saturated carbocycles. The number of carbonyl (C=O) groups is 2. The van der Waals surface area contributed by atoms with Gasteiger partial charge in [0.25, 0.3) is 11.8 Å². The average molecular weight is 774 g/mol. The lowest BCUT2D eigenvalue weighted by atomic mass is 10.1. The summed E-state index contributed by atoms with van der Waals surface area (Å²) in [6.45, 7) is 10.3. The van der Waals surface area contributed by atoms with Gasteiger partial charge in [-0.05, 0) is 46.8 Å². The van der Waals surface area contributed by atoms with Gasteiger partial charge < -0.3 is 49.5 Å². The van der Waals surface area contributed by atoms with Crippen LogP contribution in [0.5, 0.6) is 0 Å². The van der Waals surface area contributed by atoms with Crippen LogP contribution in [0.15, 0.2) is 55.6 Å². The maximum atomic E-state index is 12.6. The number of nitrogen functional groups attached to an aromatic ring is 1. The number of carbonyl (C=O) groups excluding carboxylic acids is 2. The van der Waals surface area contributed by atoms with Crippen molar-refractivity contribution in [2.45, 2.75) is 95.3 Å². The fourth-order valence-corrected chi connectivity index (χ4v) is 7.36. The standard InChI is InChI=1S/C22H25N5O5.C14H18N6O4/c1-4-29-10-14-16-17(32-22(2,3)31-16)21(30-14)27-12-25-15-18(23-11-24-19(15)27)26-20(28)13-8-6-5-7-9-13;1-14(2)23-7-8(12(21)16-3)22-13(9(7)24-14)20-5-19-6-10(15)17-4-18-11(6)20/h5-9,11-12,14,16-17,21H,4,10H2,1-3H3,(H,23,24,26,28);4-5,7-9,13H,1-3H3,(H,16,21)(H2,15,17,18)/t14-,16-,17-,21-;7-,8+,9-,13-/m11/s1. The van der Waals surface area contributed by atoms with Gasteiger partial charge in [0, 0.05) is 19.2 Å². The van der Waals surface area contributed by atoms with Crippen LogP contribution in [0.1, 0.15) is 57.4 Å². The monoisotopic (exact) mass is 773 g/mol. The van der Waals surface area contributed by atoms with Gasteiger partial charge in [-0.3, -0.25) is 18.7 Å². The van der Waals surface area contributed by atoms with Crippen LogP contribution in [0.3, 0.4) is 0 Å². The van der Waals surface area contributed by atoms with Crippen molar-refractivity contribution >= 4 is 45.8 Å². The van der Waals surface area contributed by atoms with E-state index in [0.29, 0.717) is 46.9 Å². The van der Waals surface area contributed by atoms with Crippen LogP contribution in [0.4, 0.5) is 11.6 Å². The molecule has 4 aliphatic heterocycles. The van der Waals surface area contributed by atoms with Gasteiger partial charge >= 0.3 is 0 Å². The second-order valence-corrected chi connectivity index (χ2v) is 14.4. The molecule has 5 aromatic rings. The summed E-state index contributed by atoms with van der Waals surface area (Å²) in [5.41, 5.74) is 8.32. The molecule has 0 unspecified atom stereocenters. The first-order valence-corrected chi connectivity index (χ1v) is 18.2. The molecule has 8 heterocycles. The molecule has 56 heavy (non-hydrogen) atoms. The highest BCUT2D eigenvalue weighted by molar-refractivity contribution is 6.06. The van der Waals surface area contributed by atoms with E-state index in [1.54, 1.807) is 66.9 Å². The highest BCUT2D eigenvalue weighted by Crippen LogP contribution is 2.45. The molecule has 0 aliphatic carbocycles. The largest absolute Gasteiger partial charge is 0.382 e. The van der Waals surface area contributed by atoms with Crippen LogP contribution in [0.25, 0.3) is 22.3 Å². The summed E-state index contributed by atoms with van der Waals surface area (Å²) < 4.78 is 45.4. The van der Waals surface area contributed by atoms with Crippen molar-refractivity contribution in [2.75, 3.05) is 31.3 Å². The first-order valence-electron chi connectivity index (χ1n) is 18.2. The number of amides is 2. The maximum absolute atomic E-state index is 12.6. The zero-order valence-corrected chi connectivity index (χ0v) is 31.6. The first kappa shape index (κ1) is 37.7. The number of fused-ring (bicyclic) bond motifs is 4. The van der Waals surface area contributed by atoms with Gasteiger partial charge in [0.15, 0.2) is 58.6 Å². The normalized spacial score (nSPS) is 28.5. The number of nitrogens with zero attached hydrogens (tertiary/aromatic N) is 8. The Morgan fingerprint density at radius 1 is 0.786 bits per heavy atom. The fraction of sp³-hybridized carbons (Fsp3) is 0.500. The summed E-state index contributed by atoms with van der Waals surface area (Å²) >= 11 is 0. The van der Waals surface area contributed by atoms with E-state index in [2.05, 4.69) is 40.5 Å². The van der Waals surface area contributed by atoms with Crippen molar-refractivity contribution < 1.29 is 42.7 Å². The van der Waals surface area contributed by atoms with E-state index >= 15 is 0 Å². The molecule has 0 bridgehead atoms. The summed E-state index contributed by atoms with van der Waals surface area (Å²) in [4.78, 5) is 50.2. The Bertz CT molecular complexity index is 2230. The Morgan fingerprint density at radius 2 is 1.38 bits per heavy atom. The quantitative estimate of drug-likeness (QED) is 0.205. The summed E-state index contributed by atoms with van der Waals surface area (Å²) in [6, 6.07) is 8.92. The molecule has 8 atom stereocenters. The lowest BCUT2D eigenvalue weighted by molar-refractivity contribution is -0.201. The average Bonchev–Trinajstić information content (AvgIpc) is 4.02. The molecule has 9 rings (SSSR count). The second-order valence-electron chi connectivity index (χ2n) is 14.4. The smallest absolute Gasteiger partial charge is 0.256 e. The number of likely N-dealkylation sites (N-methyl/N-ethyl adjacent to an activating group) is 1. The second kappa shape index (κ2) is 14.7. The Hall–Kier alpha value is -5.22. The fourth-order valence-electron chi connectivity index (χ4n) is 7.36. The Morgan fingerprint density at radius 3 is 2.05 bits per heavy atom. The number of hydrogen-bond donors (Lipinski definition) is 3. The minimum Gasteiger partial charge on any atom is -0.382 e. The first-order chi connectivity index (χ1) is 26.9. The molecule has 4 fully saturated rings. The molecule has 2 amide bonds. The molecule has 4 aromatic heterocycles. The van der Waals surface area contributed by atoms with E-state index in [4.69, 9.17) is 38.9 Å². The van der Waals surface area contributed by atoms with Crippen molar-refractivity contribution in [1.82, 2.24) is 44.4 Å². The summed E-state index contributed by atoms with van der Waals surface area (Å²) in [7, 11) is 1.55. The number of nitrogens with one attached hydrogen (secondary N) is 2. The molecular formula is C36H43N11O9. The minimum atomic E-state index is -0.811. The number of imidazole rings is 2. The van der Waals surface area contributed by atoms with Gasteiger partial charge in [-0.2, -0.15) is 0 Å². The van der Waals surface area contributed by atoms with Crippen molar-refractivity contribution in [3.8, 4) is 0 Å². The van der Waals surface area contributed by atoms with E-state index in [1.165, 1.54) is 12.7 Å². The predicted octanol–water partition coefficient (Wildman–Crippen LogP) is 2.10. The Kier molecular flexibility index (Phi) is 9.89. The van der Waals surface area contributed by atoms with E-state index in [-0.39, 0.29) is 35.9 Å². The van der Waals surface area contributed by atoms with Gasteiger partial charge in [0.2, 0.25) is 0 Å². The number of hydrogen-bond acceptors (Lipinski definition) is 16. The molecule has 20 heteroatoms. The lowest BCUT2D eigenvalue weighted by Crippen LogP contribution is -2.41. The van der Waals surface area contributed by atoms with Crippen molar-refractivity contribution in [1.29, 1.82) is 0 Å². The van der Waals surface area contributed by atoms with Crippen LogP contribution in [0, 0.1) is 0 Å². The Labute approximate surface area is 320 Å². The number of benzene rings is 1. The number of rotatable bonds is 8. The van der Waals surface area contributed by atoms with E-state index in [1.807, 2.05) is 26.8 Å². The van der Waals surface area contributed by atoms with Gasteiger partial charge in [-0.1, -0.05) is 18.2 Å². The van der Waals surface area contributed by atoms with Crippen molar-refractivity contribution in [2.24, 2.45) is 0 Å². The molecule has 4 saturated heterocycles. The topological polar surface area (TPSA) is 236 Å². The van der Waals surface area contributed by atoms with Crippen molar-refractivity contribution in [3.05, 3.63) is 61.2 Å². The SMILES string of the molecule is CCOC[C@H]1O[C@@H](n2cnc3c(NC(=O)c4ccccc4)ncnc32)[C@@H]2OC(C)(C)O[C@@H]21.CNC(=O)[C@H]1O[C@@H](n2cnc3c(N)ncnc32)[C@@H]2OC(C)(C)O[C@@H]21. The Balaban J connectivity index is 0.000000164. The third-order valence-corrected chi connectivity index (χ3v) is 9.71. The number of ether oxygens (including phenoxy) is 7. The van der Waals surface area contributed by atoms with E-state index < -0.39 is 42.3 Å². The van der Waals surface area contributed by atoms with Gasteiger partial charge in [-0.15, -0.1) is 0 Å². The minimum absolute atomic E-state index is 0.271. The molecular weight excluding hydrogens is 730 g/mol. The number of nitrogens with two attached hydrogens (primary N) is 1. The number of aromatic nitrogens is 8. The van der Waals surface area contributed by atoms with E-state index in [0.717, 1.165) is 0 Å². The van der Waals surface area contributed by atoms with E-state index in [9.17, 15) is 9.59 Å². The van der Waals surface area contributed by atoms with Gasteiger partial charge in [0.05, 0.1) is 19.3 Å². The highest BCUT2D eigenvalue weighted by Gasteiger charge is 2.58. The zero-order valence-electron chi connectivity index (χ0n) is 31.6. The highest BCUT2D eigenvalue weighted by atomic mass is 16.8. The number of anilines is 2. The molecule has 0 spiro atoms. The molecule has 4 aliphatic rings. The third kappa shape index (κ3) is 6.93.